The molecule has 0 aliphatic carbocycles. The van der Waals surface area contributed by atoms with Crippen LogP contribution in [0.1, 0.15) is 40.5 Å². The van der Waals surface area contributed by atoms with Crippen molar-refractivity contribution in [3.63, 3.8) is 0 Å². The maximum absolute atomic E-state index is 12.2. The largest absolute Gasteiger partial charge is 0.324 e. The lowest BCUT2D eigenvalue weighted by Gasteiger charge is -2.32. The summed E-state index contributed by atoms with van der Waals surface area (Å²) in [7, 11) is 0. The van der Waals surface area contributed by atoms with Gasteiger partial charge in [0.1, 0.15) is 0 Å². The lowest BCUT2D eigenvalue weighted by atomic mass is 10.1. The summed E-state index contributed by atoms with van der Waals surface area (Å²) in [6, 6.07) is 0.0302. The fourth-order valence-corrected chi connectivity index (χ4v) is 2.31. The predicted molar refractivity (Wildman–Crippen MR) is 70.6 cm³/mol. The number of rotatable bonds is 5. The van der Waals surface area contributed by atoms with Gasteiger partial charge in [-0.25, -0.2) is 0 Å². The van der Waals surface area contributed by atoms with Crippen LogP contribution in [-0.2, 0) is 4.79 Å². The van der Waals surface area contributed by atoms with Crippen molar-refractivity contribution in [2.75, 3.05) is 12.8 Å². The molecule has 1 N–H and O–H groups in total. The second-order valence-electron chi connectivity index (χ2n) is 4.98. The van der Waals surface area contributed by atoms with E-state index in [0.29, 0.717) is 0 Å². The molecule has 2 atom stereocenters. The molecule has 1 heterocycles. The summed E-state index contributed by atoms with van der Waals surface area (Å²) in [5.74, 6) is 0.275. The molecule has 1 saturated heterocycles. The molecular weight excluding hydrogens is 220 g/mol. The molecule has 1 aliphatic rings. The van der Waals surface area contributed by atoms with Gasteiger partial charge >= 0.3 is 0 Å². The lowest BCUT2D eigenvalue weighted by Crippen LogP contribution is -2.44. The molecule has 2 unspecified atom stereocenters. The molecule has 0 bridgehead atoms. The van der Waals surface area contributed by atoms with Crippen LogP contribution in [0.2, 0.25) is 0 Å². The molecule has 1 fully saturated rings. The third kappa shape index (κ3) is 2.92. The van der Waals surface area contributed by atoms with Gasteiger partial charge < -0.3 is 4.90 Å². The maximum atomic E-state index is 12.2. The van der Waals surface area contributed by atoms with E-state index in [1.54, 1.807) is 0 Å². The van der Waals surface area contributed by atoms with Gasteiger partial charge in [-0.1, -0.05) is 13.8 Å². The summed E-state index contributed by atoms with van der Waals surface area (Å²) in [5.41, 5.74) is 0. The van der Waals surface area contributed by atoms with E-state index in [0.717, 1.165) is 19.4 Å². The molecule has 1 aliphatic heterocycles. The Kier molecular flexibility index (Phi) is 4.68. The van der Waals surface area contributed by atoms with Crippen LogP contribution in [0.25, 0.3) is 0 Å². The maximum Gasteiger partial charge on any atom is 0.241 e. The van der Waals surface area contributed by atoms with Crippen LogP contribution in [-0.4, -0.2) is 40.6 Å². The normalized spacial score (nSPS) is 26.6. The van der Waals surface area contributed by atoms with E-state index in [4.69, 9.17) is 0 Å². The van der Waals surface area contributed by atoms with Crippen LogP contribution >= 0.6 is 11.8 Å². The van der Waals surface area contributed by atoms with Gasteiger partial charge in [0.25, 0.3) is 0 Å². The van der Waals surface area contributed by atoms with Gasteiger partial charge in [0.15, 0.2) is 0 Å². The predicted octanol–water partition coefficient (Wildman–Crippen LogP) is 2.07. The monoisotopic (exact) mass is 244 g/mol. The number of nitrogens with zero attached hydrogens (tertiary/aromatic N) is 1. The Hall–Kier alpha value is -0.220. The number of thioether (sulfide) groups is 1. The lowest BCUT2D eigenvalue weighted by molar-refractivity contribution is -0.130. The zero-order chi connectivity index (χ0) is 12.3. The summed E-state index contributed by atoms with van der Waals surface area (Å²) >= 11 is 1.82. The van der Waals surface area contributed by atoms with Gasteiger partial charge in [-0.2, -0.15) is 11.8 Å². The molecule has 1 rings (SSSR count). The molecule has 0 aromatic heterocycles. The summed E-state index contributed by atoms with van der Waals surface area (Å²) in [5, 5.41) is 3.40. The molecule has 3 nitrogen and oxygen atoms in total. The van der Waals surface area contributed by atoms with E-state index in [1.807, 2.05) is 16.7 Å². The number of hydrogen-bond donors (Lipinski definition) is 1. The van der Waals surface area contributed by atoms with E-state index in [9.17, 15) is 4.79 Å². The second-order valence-corrected chi connectivity index (χ2v) is 6.49. The highest BCUT2D eigenvalue weighted by atomic mass is 32.2. The molecule has 1 amide bonds. The first-order chi connectivity index (χ1) is 7.45. The Balaban J connectivity index is 2.73. The Bertz CT molecular complexity index is 255. The van der Waals surface area contributed by atoms with Crippen molar-refractivity contribution >= 4 is 17.7 Å². The van der Waals surface area contributed by atoms with Crippen molar-refractivity contribution < 1.29 is 4.79 Å². The smallest absolute Gasteiger partial charge is 0.241 e. The van der Waals surface area contributed by atoms with Gasteiger partial charge in [0.2, 0.25) is 5.91 Å². The minimum absolute atomic E-state index is 0.0302. The standard InChI is InChI=1S/C12H24N2OS/c1-6-9-11(15)14(10(7-2)13-9)8-12(3,4)16-5/h9-10,13H,6-8H2,1-5H3. The SMILES string of the molecule is CCC1NC(CC)N(CC(C)(C)SC)C1=O. The fourth-order valence-electron chi connectivity index (χ4n) is 2.04. The van der Waals surface area contributed by atoms with Gasteiger partial charge in [-0.3, -0.25) is 10.1 Å². The molecule has 4 heteroatoms. The zero-order valence-electron chi connectivity index (χ0n) is 11.0. The first-order valence-electron chi connectivity index (χ1n) is 6.06. The minimum atomic E-state index is 0.0302. The quantitative estimate of drug-likeness (QED) is 0.803. The number of amides is 1. The first kappa shape index (κ1) is 13.8. The average Bonchev–Trinajstić information content (AvgIpc) is 2.55. The van der Waals surface area contributed by atoms with E-state index < -0.39 is 0 Å². The minimum Gasteiger partial charge on any atom is -0.324 e. The van der Waals surface area contributed by atoms with E-state index >= 15 is 0 Å². The Morgan fingerprint density at radius 3 is 2.44 bits per heavy atom. The molecular formula is C12H24N2OS. The summed E-state index contributed by atoms with van der Waals surface area (Å²) in [6.07, 6.45) is 4.19. The van der Waals surface area contributed by atoms with Crippen LogP contribution in [0, 0.1) is 0 Å². The molecule has 0 spiro atoms. The van der Waals surface area contributed by atoms with Gasteiger partial charge in [0, 0.05) is 11.3 Å². The van der Waals surface area contributed by atoms with Gasteiger partial charge in [0.05, 0.1) is 12.2 Å². The summed E-state index contributed by atoms with van der Waals surface area (Å²) in [4.78, 5) is 14.2. The highest BCUT2D eigenvalue weighted by Gasteiger charge is 2.38. The second kappa shape index (κ2) is 5.41. The third-order valence-corrected chi connectivity index (χ3v) is 4.48. The van der Waals surface area contributed by atoms with Crippen molar-refractivity contribution in [2.24, 2.45) is 0 Å². The zero-order valence-corrected chi connectivity index (χ0v) is 11.9. The van der Waals surface area contributed by atoms with Crippen LogP contribution in [0.3, 0.4) is 0 Å². The highest BCUT2D eigenvalue weighted by molar-refractivity contribution is 7.99. The van der Waals surface area contributed by atoms with Crippen molar-refractivity contribution in [2.45, 2.75) is 57.5 Å². The van der Waals surface area contributed by atoms with Crippen LogP contribution in [0.4, 0.5) is 0 Å². The average molecular weight is 244 g/mol. The van der Waals surface area contributed by atoms with Crippen LogP contribution in [0.5, 0.6) is 0 Å². The van der Waals surface area contributed by atoms with Gasteiger partial charge in [-0.05, 0) is 32.9 Å². The number of nitrogens with one attached hydrogen (secondary N) is 1. The molecule has 94 valence electrons. The van der Waals surface area contributed by atoms with Crippen LogP contribution in [0.15, 0.2) is 0 Å². The Labute approximate surface area is 103 Å². The Morgan fingerprint density at radius 1 is 1.38 bits per heavy atom. The van der Waals surface area contributed by atoms with Crippen molar-refractivity contribution in [1.82, 2.24) is 10.2 Å². The summed E-state index contributed by atoms with van der Waals surface area (Å²) in [6.45, 7) is 9.40. The van der Waals surface area contributed by atoms with E-state index in [2.05, 4.69) is 39.3 Å². The number of carbonyl (C=O) groups is 1. The van der Waals surface area contributed by atoms with Crippen molar-refractivity contribution in [3.8, 4) is 0 Å². The molecule has 0 aromatic carbocycles. The topological polar surface area (TPSA) is 32.3 Å². The van der Waals surface area contributed by atoms with Gasteiger partial charge in [-0.15, -0.1) is 0 Å². The molecule has 0 aromatic rings. The first-order valence-corrected chi connectivity index (χ1v) is 7.29. The van der Waals surface area contributed by atoms with E-state index in [-0.39, 0.29) is 22.9 Å². The highest BCUT2D eigenvalue weighted by Crippen LogP contribution is 2.26. The molecule has 0 radical (unpaired) electrons. The third-order valence-electron chi connectivity index (χ3n) is 3.25. The van der Waals surface area contributed by atoms with E-state index in [1.165, 1.54) is 0 Å². The Morgan fingerprint density at radius 2 is 2.00 bits per heavy atom. The number of hydrogen-bond acceptors (Lipinski definition) is 3. The van der Waals surface area contributed by atoms with Crippen LogP contribution < -0.4 is 5.32 Å². The molecule has 16 heavy (non-hydrogen) atoms. The van der Waals surface area contributed by atoms with Crippen molar-refractivity contribution in [3.05, 3.63) is 0 Å². The van der Waals surface area contributed by atoms with Crippen molar-refractivity contribution in [1.29, 1.82) is 0 Å². The fraction of sp³-hybridized carbons (Fsp3) is 0.917. The summed E-state index contributed by atoms with van der Waals surface area (Å²) < 4.78 is 0.132. The number of carbonyl (C=O) groups excluding carboxylic acids is 1. The molecule has 0 saturated carbocycles.